The second-order valence-corrected chi connectivity index (χ2v) is 7.56. The molecule has 114 valence electrons. The highest BCUT2D eigenvalue weighted by Gasteiger charge is 2.23. The van der Waals surface area contributed by atoms with Crippen LogP contribution in [0.5, 0.6) is 0 Å². The van der Waals surface area contributed by atoms with E-state index in [1.54, 1.807) is 13.2 Å². The molecule has 0 fully saturated rings. The Morgan fingerprint density at radius 2 is 2.05 bits per heavy atom. The fourth-order valence-corrected chi connectivity index (χ4v) is 3.34. The normalized spacial score (nSPS) is 12.6. The number of methoxy groups -OCH3 is 1. The average Bonchev–Trinajstić information content (AvgIpc) is 2.37. The van der Waals surface area contributed by atoms with Gasteiger partial charge in [0.05, 0.1) is 5.02 Å². The molecule has 20 heavy (non-hydrogen) atoms. The van der Waals surface area contributed by atoms with Crippen molar-refractivity contribution < 1.29 is 13.2 Å². The SMILES string of the molecule is COCCC(C)(C)CNS(=O)(=O)c1cc(N)ccc1Cl. The highest BCUT2D eigenvalue weighted by atomic mass is 35.5. The maximum absolute atomic E-state index is 12.2. The van der Waals surface area contributed by atoms with E-state index in [2.05, 4.69) is 4.72 Å². The predicted octanol–water partition coefficient (Wildman–Crippen LogP) is 2.26. The van der Waals surface area contributed by atoms with Gasteiger partial charge in [-0.2, -0.15) is 0 Å². The molecule has 0 aliphatic rings. The van der Waals surface area contributed by atoms with Crippen LogP contribution in [0.4, 0.5) is 5.69 Å². The molecule has 1 aromatic rings. The summed E-state index contributed by atoms with van der Waals surface area (Å²) in [6.45, 7) is 4.81. The number of ether oxygens (including phenoxy) is 1. The van der Waals surface area contributed by atoms with Crippen molar-refractivity contribution in [3.05, 3.63) is 23.2 Å². The van der Waals surface area contributed by atoms with E-state index in [0.717, 1.165) is 6.42 Å². The van der Waals surface area contributed by atoms with Crippen LogP contribution in [0.2, 0.25) is 5.02 Å². The summed E-state index contributed by atoms with van der Waals surface area (Å²) < 4.78 is 32.1. The van der Waals surface area contributed by atoms with Crippen molar-refractivity contribution in [2.45, 2.75) is 25.2 Å². The number of halogens is 1. The first-order valence-corrected chi connectivity index (χ1v) is 8.08. The van der Waals surface area contributed by atoms with Crippen molar-refractivity contribution >= 4 is 27.3 Å². The summed E-state index contributed by atoms with van der Waals surface area (Å²) in [4.78, 5) is 0.00158. The third-order valence-corrected chi connectivity index (χ3v) is 4.85. The number of benzene rings is 1. The molecule has 0 amide bonds. The maximum Gasteiger partial charge on any atom is 0.242 e. The molecule has 0 aliphatic carbocycles. The van der Waals surface area contributed by atoms with Crippen molar-refractivity contribution in [3.63, 3.8) is 0 Å². The minimum Gasteiger partial charge on any atom is -0.399 e. The van der Waals surface area contributed by atoms with E-state index in [1.165, 1.54) is 12.1 Å². The van der Waals surface area contributed by atoms with Crippen molar-refractivity contribution in [2.24, 2.45) is 5.41 Å². The van der Waals surface area contributed by atoms with Crippen molar-refractivity contribution in [2.75, 3.05) is 26.0 Å². The molecule has 0 aromatic heterocycles. The zero-order valence-corrected chi connectivity index (χ0v) is 13.5. The van der Waals surface area contributed by atoms with Crippen LogP contribution < -0.4 is 10.5 Å². The van der Waals surface area contributed by atoms with Gasteiger partial charge in [0.15, 0.2) is 0 Å². The number of nitrogens with two attached hydrogens (primary N) is 1. The Hall–Kier alpha value is -0.820. The van der Waals surface area contributed by atoms with Gasteiger partial charge in [0.2, 0.25) is 10.0 Å². The Kier molecular flexibility index (Phi) is 5.82. The fraction of sp³-hybridized carbons (Fsp3) is 0.538. The Bertz CT molecular complexity index is 559. The lowest BCUT2D eigenvalue weighted by Gasteiger charge is -2.24. The fourth-order valence-electron chi connectivity index (χ4n) is 1.56. The molecule has 0 atom stereocenters. The lowest BCUT2D eigenvalue weighted by Crippen LogP contribution is -2.34. The summed E-state index contributed by atoms with van der Waals surface area (Å²) in [7, 11) is -2.06. The summed E-state index contributed by atoms with van der Waals surface area (Å²) in [6, 6.07) is 4.39. The predicted molar refractivity (Wildman–Crippen MR) is 81.3 cm³/mol. The second kappa shape index (κ2) is 6.76. The summed E-state index contributed by atoms with van der Waals surface area (Å²) in [5.74, 6) is 0. The molecule has 3 N–H and O–H groups in total. The second-order valence-electron chi connectivity index (χ2n) is 5.42. The first-order chi connectivity index (χ1) is 9.18. The lowest BCUT2D eigenvalue weighted by molar-refractivity contribution is 0.153. The maximum atomic E-state index is 12.2. The van der Waals surface area contributed by atoms with E-state index in [9.17, 15) is 8.42 Å². The van der Waals surface area contributed by atoms with E-state index in [-0.39, 0.29) is 15.3 Å². The number of hydrogen-bond donors (Lipinski definition) is 2. The number of sulfonamides is 1. The largest absolute Gasteiger partial charge is 0.399 e. The standard InChI is InChI=1S/C13H21ClN2O3S/c1-13(2,6-7-19-3)9-16-20(17,18)12-8-10(15)4-5-11(12)14/h4-5,8,16H,6-7,9,15H2,1-3H3. The average molecular weight is 321 g/mol. The lowest BCUT2D eigenvalue weighted by atomic mass is 9.90. The topological polar surface area (TPSA) is 81.4 Å². The summed E-state index contributed by atoms with van der Waals surface area (Å²) in [6.07, 6.45) is 0.747. The molecule has 0 saturated heterocycles. The number of hydrogen-bond acceptors (Lipinski definition) is 4. The molecule has 1 rings (SSSR count). The molecule has 0 bridgehead atoms. The van der Waals surface area contributed by atoms with Crippen LogP contribution in [0.3, 0.4) is 0 Å². The Balaban J connectivity index is 2.83. The van der Waals surface area contributed by atoms with Crippen LogP contribution in [0, 0.1) is 5.41 Å². The molecule has 0 radical (unpaired) electrons. The number of nitrogens with one attached hydrogen (secondary N) is 1. The molecule has 0 saturated carbocycles. The van der Waals surface area contributed by atoms with Crippen molar-refractivity contribution in [1.82, 2.24) is 4.72 Å². The molecule has 1 aromatic carbocycles. The molecular weight excluding hydrogens is 300 g/mol. The van der Waals surface area contributed by atoms with Crippen LogP contribution in [0.1, 0.15) is 20.3 Å². The summed E-state index contributed by atoms with van der Waals surface area (Å²) >= 11 is 5.92. The molecular formula is C13H21ClN2O3S. The third-order valence-electron chi connectivity index (χ3n) is 2.97. The summed E-state index contributed by atoms with van der Waals surface area (Å²) in [5, 5.41) is 0.154. The van der Waals surface area contributed by atoms with E-state index < -0.39 is 10.0 Å². The van der Waals surface area contributed by atoms with Crippen LogP contribution in [0.25, 0.3) is 0 Å². The minimum absolute atomic E-state index is 0.00158. The number of nitrogen functional groups attached to an aromatic ring is 1. The van der Waals surface area contributed by atoms with Gasteiger partial charge in [0, 0.05) is 25.9 Å². The molecule has 5 nitrogen and oxygen atoms in total. The molecule has 0 spiro atoms. The smallest absolute Gasteiger partial charge is 0.242 e. The Labute approximate surface area is 125 Å². The first kappa shape index (κ1) is 17.2. The summed E-state index contributed by atoms with van der Waals surface area (Å²) in [5.41, 5.74) is 5.75. The van der Waals surface area contributed by atoms with Gasteiger partial charge in [-0.3, -0.25) is 0 Å². The van der Waals surface area contributed by atoms with Gasteiger partial charge in [0.1, 0.15) is 4.90 Å². The molecule has 0 heterocycles. The highest BCUT2D eigenvalue weighted by Crippen LogP contribution is 2.25. The van der Waals surface area contributed by atoms with Crippen molar-refractivity contribution in [1.29, 1.82) is 0 Å². The van der Waals surface area contributed by atoms with Crippen LogP contribution in [-0.4, -0.2) is 28.7 Å². The Morgan fingerprint density at radius 1 is 1.40 bits per heavy atom. The van der Waals surface area contributed by atoms with Crippen LogP contribution >= 0.6 is 11.6 Å². The van der Waals surface area contributed by atoms with E-state index >= 15 is 0 Å². The van der Waals surface area contributed by atoms with Gasteiger partial charge in [-0.15, -0.1) is 0 Å². The third kappa shape index (κ3) is 4.94. The molecule has 7 heteroatoms. The quantitative estimate of drug-likeness (QED) is 0.755. The van der Waals surface area contributed by atoms with Gasteiger partial charge in [-0.05, 0) is 30.0 Å². The zero-order chi connectivity index (χ0) is 15.4. The number of anilines is 1. The van der Waals surface area contributed by atoms with Gasteiger partial charge in [0.25, 0.3) is 0 Å². The van der Waals surface area contributed by atoms with Gasteiger partial charge < -0.3 is 10.5 Å². The highest BCUT2D eigenvalue weighted by molar-refractivity contribution is 7.89. The van der Waals surface area contributed by atoms with Crippen LogP contribution in [0.15, 0.2) is 23.1 Å². The molecule has 0 aliphatic heterocycles. The number of rotatable bonds is 7. The van der Waals surface area contributed by atoms with E-state index in [0.29, 0.717) is 18.8 Å². The van der Waals surface area contributed by atoms with Gasteiger partial charge in [-0.1, -0.05) is 25.4 Å². The molecule has 0 unspecified atom stereocenters. The van der Waals surface area contributed by atoms with Crippen molar-refractivity contribution in [3.8, 4) is 0 Å². The first-order valence-electron chi connectivity index (χ1n) is 6.21. The van der Waals surface area contributed by atoms with Gasteiger partial charge >= 0.3 is 0 Å². The monoisotopic (exact) mass is 320 g/mol. The minimum atomic E-state index is -3.67. The van der Waals surface area contributed by atoms with Crippen LogP contribution in [-0.2, 0) is 14.8 Å². The van der Waals surface area contributed by atoms with E-state index in [4.69, 9.17) is 22.1 Å². The Morgan fingerprint density at radius 3 is 2.65 bits per heavy atom. The van der Waals surface area contributed by atoms with E-state index in [1.807, 2.05) is 13.8 Å². The van der Waals surface area contributed by atoms with Gasteiger partial charge in [-0.25, -0.2) is 13.1 Å². The zero-order valence-electron chi connectivity index (χ0n) is 11.9.